The zero-order valence-electron chi connectivity index (χ0n) is 14.8. The van der Waals surface area contributed by atoms with Crippen LogP contribution in [0.5, 0.6) is 0 Å². The van der Waals surface area contributed by atoms with Gasteiger partial charge in [-0.1, -0.05) is 36.4 Å². The number of rotatable bonds is 5. The van der Waals surface area contributed by atoms with Crippen molar-refractivity contribution in [2.24, 2.45) is 0 Å². The van der Waals surface area contributed by atoms with Crippen LogP contribution in [0.4, 0.5) is 5.69 Å². The van der Waals surface area contributed by atoms with Crippen molar-refractivity contribution in [3.63, 3.8) is 0 Å². The summed E-state index contributed by atoms with van der Waals surface area (Å²) < 4.78 is 5.09. The van der Waals surface area contributed by atoms with E-state index in [4.69, 9.17) is 4.74 Å². The van der Waals surface area contributed by atoms with Gasteiger partial charge < -0.3 is 10.1 Å². The average Bonchev–Trinajstić information content (AvgIpc) is 3.23. The lowest BCUT2D eigenvalue weighted by atomic mass is 10.1. The molecule has 0 radical (unpaired) electrons. The Kier molecular flexibility index (Phi) is 4.79. The van der Waals surface area contributed by atoms with Crippen molar-refractivity contribution in [1.82, 2.24) is 15.2 Å². The first kappa shape index (κ1) is 17.4. The molecule has 0 saturated heterocycles. The van der Waals surface area contributed by atoms with Crippen LogP contribution in [-0.4, -0.2) is 33.7 Å². The summed E-state index contributed by atoms with van der Waals surface area (Å²) in [6.07, 6.45) is 1.68. The number of nitrogens with zero attached hydrogens (tertiary/aromatic N) is 2. The Morgan fingerprint density at radius 3 is 2.71 bits per heavy atom. The Hall–Kier alpha value is -4.00. The summed E-state index contributed by atoms with van der Waals surface area (Å²) in [6, 6.07) is 20.1. The number of benzene rings is 2. The van der Waals surface area contributed by atoms with Crippen LogP contribution in [0.25, 0.3) is 22.2 Å². The van der Waals surface area contributed by atoms with Crippen LogP contribution in [-0.2, 0) is 9.53 Å². The number of fused-ring (bicyclic) bond motifs is 1. The van der Waals surface area contributed by atoms with E-state index in [0.717, 1.165) is 16.5 Å². The largest absolute Gasteiger partial charge is 0.451 e. The molecule has 0 unspecified atom stereocenters. The molecule has 7 heteroatoms. The van der Waals surface area contributed by atoms with Crippen LogP contribution in [0.3, 0.4) is 0 Å². The molecule has 2 aromatic heterocycles. The van der Waals surface area contributed by atoms with Crippen LogP contribution < -0.4 is 5.32 Å². The van der Waals surface area contributed by atoms with Crippen molar-refractivity contribution >= 4 is 28.5 Å². The van der Waals surface area contributed by atoms with E-state index in [9.17, 15) is 9.59 Å². The lowest BCUT2D eigenvalue weighted by molar-refractivity contribution is -0.119. The summed E-state index contributed by atoms with van der Waals surface area (Å²) in [7, 11) is 0. The molecule has 0 spiro atoms. The van der Waals surface area contributed by atoms with Gasteiger partial charge in [0.2, 0.25) is 0 Å². The van der Waals surface area contributed by atoms with E-state index in [1.54, 1.807) is 30.5 Å². The van der Waals surface area contributed by atoms with Gasteiger partial charge in [-0.3, -0.25) is 14.9 Å². The third-order valence-corrected chi connectivity index (χ3v) is 4.12. The number of anilines is 1. The third kappa shape index (κ3) is 3.73. The highest BCUT2D eigenvalue weighted by Crippen LogP contribution is 2.21. The maximum Gasteiger partial charge on any atom is 0.356 e. The number of amides is 1. The second-order valence-corrected chi connectivity index (χ2v) is 6.03. The standard InChI is InChI=1S/C21H16N4O3/c26-20(23-17-10-4-9-16-15(17)8-5-11-22-16)13-28-21(27)19-12-18(24-25-19)14-6-2-1-3-7-14/h1-12H,13H2,(H,23,26)(H,24,25). The predicted octanol–water partition coefficient (Wildman–Crippen LogP) is 3.42. The fourth-order valence-electron chi connectivity index (χ4n) is 2.79. The highest BCUT2D eigenvalue weighted by Gasteiger charge is 2.14. The molecule has 4 rings (SSSR count). The Balaban J connectivity index is 1.38. The number of carbonyl (C=O) groups is 2. The molecule has 2 N–H and O–H groups in total. The van der Waals surface area contributed by atoms with Gasteiger partial charge >= 0.3 is 5.97 Å². The molecule has 0 aliphatic carbocycles. The Bertz CT molecular complexity index is 1130. The molecule has 138 valence electrons. The quantitative estimate of drug-likeness (QED) is 0.523. The van der Waals surface area contributed by atoms with Crippen molar-refractivity contribution in [1.29, 1.82) is 0 Å². The molecular formula is C21H16N4O3. The SMILES string of the molecule is O=C(COC(=O)c1cc(-c2ccccc2)n[nH]1)Nc1cccc2ncccc12. The number of aromatic nitrogens is 3. The maximum atomic E-state index is 12.2. The van der Waals surface area contributed by atoms with E-state index >= 15 is 0 Å². The second-order valence-electron chi connectivity index (χ2n) is 6.03. The highest BCUT2D eigenvalue weighted by molar-refractivity contribution is 6.02. The third-order valence-electron chi connectivity index (χ3n) is 4.12. The lowest BCUT2D eigenvalue weighted by Gasteiger charge is -2.08. The Morgan fingerprint density at radius 2 is 1.86 bits per heavy atom. The Labute approximate surface area is 160 Å². The van der Waals surface area contributed by atoms with Gasteiger partial charge in [0.1, 0.15) is 5.69 Å². The van der Waals surface area contributed by atoms with Gasteiger partial charge in [-0.2, -0.15) is 5.10 Å². The first-order valence-electron chi connectivity index (χ1n) is 8.62. The summed E-state index contributed by atoms with van der Waals surface area (Å²) in [6.45, 7) is -0.408. The highest BCUT2D eigenvalue weighted by atomic mass is 16.5. The fourth-order valence-corrected chi connectivity index (χ4v) is 2.79. The molecule has 4 aromatic rings. The number of esters is 1. The van der Waals surface area contributed by atoms with E-state index in [1.165, 1.54) is 0 Å². The number of carbonyl (C=O) groups excluding carboxylic acids is 2. The van der Waals surface area contributed by atoms with Crippen molar-refractivity contribution in [3.05, 3.63) is 78.6 Å². The number of aromatic amines is 1. The zero-order valence-corrected chi connectivity index (χ0v) is 14.8. The van der Waals surface area contributed by atoms with Gasteiger partial charge in [0.15, 0.2) is 6.61 Å². The minimum absolute atomic E-state index is 0.181. The summed E-state index contributed by atoms with van der Waals surface area (Å²) in [4.78, 5) is 28.6. The number of pyridine rings is 1. The molecule has 2 aromatic carbocycles. The van der Waals surface area contributed by atoms with Gasteiger partial charge in [0.25, 0.3) is 5.91 Å². The van der Waals surface area contributed by atoms with Crippen molar-refractivity contribution in [2.75, 3.05) is 11.9 Å². The fraction of sp³-hybridized carbons (Fsp3) is 0.0476. The van der Waals surface area contributed by atoms with Crippen LogP contribution in [0.2, 0.25) is 0 Å². The molecule has 0 aliphatic heterocycles. The topological polar surface area (TPSA) is 97.0 Å². The Morgan fingerprint density at radius 1 is 1.00 bits per heavy atom. The van der Waals surface area contributed by atoms with E-state index in [0.29, 0.717) is 11.4 Å². The molecule has 1 amide bonds. The van der Waals surface area contributed by atoms with Crippen molar-refractivity contribution in [2.45, 2.75) is 0 Å². The summed E-state index contributed by atoms with van der Waals surface area (Å²) >= 11 is 0. The summed E-state index contributed by atoms with van der Waals surface area (Å²) in [5.74, 6) is -1.09. The second kappa shape index (κ2) is 7.71. The normalized spacial score (nSPS) is 10.6. The van der Waals surface area contributed by atoms with Crippen LogP contribution in [0, 0.1) is 0 Å². The van der Waals surface area contributed by atoms with Crippen LogP contribution in [0.1, 0.15) is 10.5 Å². The molecule has 28 heavy (non-hydrogen) atoms. The first-order chi connectivity index (χ1) is 13.7. The predicted molar refractivity (Wildman–Crippen MR) is 105 cm³/mol. The monoisotopic (exact) mass is 372 g/mol. The van der Waals surface area contributed by atoms with E-state index in [1.807, 2.05) is 42.5 Å². The van der Waals surface area contributed by atoms with Gasteiger partial charge in [-0.25, -0.2) is 4.79 Å². The van der Waals surface area contributed by atoms with Crippen LogP contribution >= 0.6 is 0 Å². The van der Waals surface area contributed by atoms with E-state index < -0.39 is 18.5 Å². The van der Waals surface area contributed by atoms with Gasteiger partial charge in [0, 0.05) is 17.1 Å². The zero-order chi connectivity index (χ0) is 19.3. The molecule has 0 fully saturated rings. The van der Waals surface area contributed by atoms with Gasteiger partial charge in [-0.15, -0.1) is 0 Å². The number of H-pyrrole nitrogens is 1. The maximum absolute atomic E-state index is 12.2. The molecule has 0 atom stereocenters. The molecule has 7 nitrogen and oxygen atoms in total. The smallest absolute Gasteiger partial charge is 0.356 e. The molecule has 0 bridgehead atoms. The molecule has 0 saturated carbocycles. The minimum Gasteiger partial charge on any atom is -0.451 e. The lowest BCUT2D eigenvalue weighted by Crippen LogP contribution is -2.21. The number of hydrogen-bond donors (Lipinski definition) is 2. The average molecular weight is 372 g/mol. The molecular weight excluding hydrogens is 356 g/mol. The minimum atomic E-state index is -0.649. The van der Waals surface area contributed by atoms with Crippen molar-refractivity contribution < 1.29 is 14.3 Å². The first-order valence-corrected chi connectivity index (χ1v) is 8.62. The van der Waals surface area contributed by atoms with E-state index in [2.05, 4.69) is 20.5 Å². The van der Waals surface area contributed by atoms with Crippen molar-refractivity contribution in [3.8, 4) is 11.3 Å². The van der Waals surface area contributed by atoms with Crippen LogP contribution in [0.15, 0.2) is 72.9 Å². The van der Waals surface area contributed by atoms with E-state index in [-0.39, 0.29) is 5.69 Å². The number of nitrogens with one attached hydrogen (secondary N) is 2. The van der Waals surface area contributed by atoms with Gasteiger partial charge in [-0.05, 0) is 30.3 Å². The molecule has 2 heterocycles. The summed E-state index contributed by atoms with van der Waals surface area (Å²) in [5.41, 5.74) is 3.06. The number of hydrogen-bond acceptors (Lipinski definition) is 5. The summed E-state index contributed by atoms with van der Waals surface area (Å²) in [5, 5.41) is 10.3. The number of ether oxygens (including phenoxy) is 1. The molecule has 0 aliphatic rings. The van der Waals surface area contributed by atoms with Gasteiger partial charge in [0.05, 0.1) is 16.9 Å².